The van der Waals surface area contributed by atoms with Gasteiger partial charge in [-0.25, -0.2) is 4.79 Å². The van der Waals surface area contributed by atoms with Crippen molar-refractivity contribution in [1.82, 2.24) is 0 Å². The van der Waals surface area contributed by atoms with Gasteiger partial charge in [0.1, 0.15) is 0 Å². The van der Waals surface area contributed by atoms with Gasteiger partial charge in [0.2, 0.25) is 0 Å². The summed E-state index contributed by atoms with van der Waals surface area (Å²) in [7, 11) is 0. The summed E-state index contributed by atoms with van der Waals surface area (Å²) >= 11 is 0. The molecule has 1 aromatic carbocycles. The van der Waals surface area contributed by atoms with Crippen molar-refractivity contribution < 1.29 is 9.53 Å². The van der Waals surface area contributed by atoms with Crippen molar-refractivity contribution in [3.05, 3.63) is 29.3 Å². The van der Waals surface area contributed by atoms with Crippen molar-refractivity contribution in [3.63, 3.8) is 0 Å². The van der Waals surface area contributed by atoms with E-state index in [2.05, 4.69) is 0 Å². The van der Waals surface area contributed by atoms with Gasteiger partial charge in [-0.05, 0) is 25.5 Å². The molecule has 0 aliphatic carbocycles. The summed E-state index contributed by atoms with van der Waals surface area (Å²) in [6.07, 6.45) is 0. The zero-order valence-electron chi connectivity index (χ0n) is 7.83. The van der Waals surface area contributed by atoms with E-state index in [9.17, 15) is 4.79 Å². The van der Waals surface area contributed by atoms with E-state index in [1.54, 1.807) is 13.0 Å². The van der Waals surface area contributed by atoms with Gasteiger partial charge < -0.3 is 10.5 Å². The van der Waals surface area contributed by atoms with E-state index < -0.39 is 0 Å². The molecule has 2 N–H and O–H groups in total. The standard InChI is InChI=1S/C10H13NO2/c1-3-13-10(12)9-7(2)5-4-6-8(9)11/h4-6H,3,11H2,1-2H3. The topological polar surface area (TPSA) is 52.3 Å². The van der Waals surface area contributed by atoms with E-state index >= 15 is 0 Å². The fourth-order valence-corrected chi connectivity index (χ4v) is 1.17. The van der Waals surface area contributed by atoms with Gasteiger partial charge in [-0.1, -0.05) is 12.1 Å². The molecule has 0 spiro atoms. The molecule has 0 radical (unpaired) electrons. The third-order valence-corrected chi connectivity index (χ3v) is 1.78. The van der Waals surface area contributed by atoms with Crippen LogP contribution in [0.25, 0.3) is 0 Å². The zero-order valence-corrected chi connectivity index (χ0v) is 7.83. The lowest BCUT2D eigenvalue weighted by Crippen LogP contribution is -2.09. The van der Waals surface area contributed by atoms with Crippen molar-refractivity contribution in [2.75, 3.05) is 12.3 Å². The Morgan fingerprint density at radius 3 is 2.77 bits per heavy atom. The van der Waals surface area contributed by atoms with E-state index in [4.69, 9.17) is 10.5 Å². The molecule has 13 heavy (non-hydrogen) atoms. The molecule has 0 saturated carbocycles. The van der Waals surface area contributed by atoms with Crippen molar-refractivity contribution in [2.24, 2.45) is 0 Å². The lowest BCUT2D eigenvalue weighted by atomic mass is 10.1. The van der Waals surface area contributed by atoms with Crippen LogP contribution in [0.1, 0.15) is 22.8 Å². The molecule has 0 unspecified atom stereocenters. The number of hydrogen-bond donors (Lipinski definition) is 1. The molecule has 0 bridgehead atoms. The molecule has 1 rings (SSSR count). The van der Waals surface area contributed by atoms with Crippen LogP contribution in [0.5, 0.6) is 0 Å². The monoisotopic (exact) mass is 179 g/mol. The Balaban J connectivity index is 3.05. The molecule has 1 aromatic rings. The summed E-state index contributed by atoms with van der Waals surface area (Å²) in [5.41, 5.74) is 7.44. The first-order valence-electron chi connectivity index (χ1n) is 4.19. The normalized spacial score (nSPS) is 9.69. The minimum absolute atomic E-state index is 0.349. The highest BCUT2D eigenvalue weighted by molar-refractivity contribution is 5.96. The molecule has 0 heterocycles. The van der Waals surface area contributed by atoms with E-state index in [-0.39, 0.29) is 5.97 Å². The maximum absolute atomic E-state index is 11.4. The summed E-state index contributed by atoms with van der Waals surface area (Å²) in [4.78, 5) is 11.4. The van der Waals surface area contributed by atoms with Crippen LogP contribution in [0.15, 0.2) is 18.2 Å². The molecule has 3 nitrogen and oxygen atoms in total. The first-order valence-corrected chi connectivity index (χ1v) is 4.19. The highest BCUT2D eigenvalue weighted by Crippen LogP contribution is 2.16. The van der Waals surface area contributed by atoms with E-state index in [1.165, 1.54) is 0 Å². The van der Waals surface area contributed by atoms with Crippen LogP contribution in [-0.2, 0) is 4.74 Å². The number of ether oxygens (including phenoxy) is 1. The van der Waals surface area contributed by atoms with Gasteiger partial charge in [0.25, 0.3) is 0 Å². The highest BCUT2D eigenvalue weighted by atomic mass is 16.5. The third kappa shape index (κ3) is 1.99. The van der Waals surface area contributed by atoms with Gasteiger partial charge in [-0.2, -0.15) is 0 Å². The summed E-state index contributed by atoms with van der Waals surface area (Å²) in [6.45, 7) is 3.97. The fourth-order valence-electron chi connectivity index (χ4n) is 1.17. The number of carbonyl (C=O) groups is 1. The molecule has 70 valence electrons. The van der Waals surface area contributed by atoms with Crippen LogP contribution in [0.2, 0.25) is 0 Å². The summed E-state index contributed by atoms with van der Waals surface area (Å²) in [5.74, 6) is -0.349. The predicted molar refractivity (Wildman–Crippen MR) is 51.5 cm³/mol. The van der Waals surface area contributed by atoms with Gasteiger partial charge in [0.15, 0.2) is 0 Å². The van der Waals surface area contributed by atoms with Crippen molar-refractivity contribution >= 4 is 11.7 Å². The molecule has 0 aromatic heterocycles. The number of benzene rings is 1. The van der Waals surface area contributed by atoms with Crippen LogP contribution >= 0.6 is 0 Å². The molecule has 0 fully saturated rings. The molecule has 0 aliphatic rings. The first-order chi connectivity index (χ1) is 6.16. The number of aryl methyl sites for hydroxylation is 1. The van der Waals surface area contributed by atoms with Gasteiger partial charge in [0.05, 0.1) is 12.2 Å². The van der Waals surface area contributed by atoms with Crippen molar-refractivity contribution in [1.29, 1.82) is 0 Å². The molecule has 0 amide bonds. The average Bonchev–Trinajstić information content (AvgIpc) is 2.04. The van der Waals surface area contributed by atoms with E-state index in [0.29, 0.717) is 17.9 Å². The van der Waals surface area contributed by atoms with E-state index in [1.807, 2.05) is 19.1 Å². The Bertz CT molecular complexity index is 300. The van der Waals surface area contributed by atoms with Crippen LogP contribution in [-0.4, -0.2) is 12.6 Å². The number of hydrogen-bond acceptors (Lipinski definition) is 3. The summed E-state index contributed by atoms with van der Waals surface area (Å²) in [5, 5.41) is 0. The second kappa shape index (κ2) is 3.94. The smallest absolute Gasteiger partial charge is 0.340 e. The highest BCUT2D eigenvalue weighted by Gasteiger charge is 2.12. The molecule has 0 aliphatic heterocycles. The Labute approximate surface area is 77.5 Å². The number of nitrogen functional groups attached to an aromatic ring is 1. The van der Waals surface area contributed by atoms with Crippen LogP contribution in [0.3, 0.4) is 0 Å². The number of rotatable bonds is 2. The number of esters is 1. The van der Waals surface area contributed by atoms with Crippen LogP contribution in [0.4, 0.5) is 5.69 Å². The van der Waals surface area contributed by atoms with Crippen molar-refractivity contribution in [2.45, 2.75) is 13.8 Å². The molecular weight excluding hydrogens is 166 g/mol. The van der Waals surface area contributed by atoms with Gasteiger partial charge in [-0.3, -0.25) is 0 Å². The Morgan fingerprint density at radius 1 is 1.54 bits per heavy atom. The summed E-state index contributed by atoms with van der Waals surface area (Å²) < 4.78 is 4.87. The second-order valence-electron chi connectivity index (χ2n) is 2.76. The number of nitrogens with two attached hydrogens (primary N) is 1. The average molecular weight is 179 g/mol. The molecule has 3 heteroatoms. The minimum Gasteiger partial charge on any atom is -0.462 e. The van der Waals surface area contributed by atoms with E-state index in [0.717, 1.165) is 5.56 Å². The van der Waals surface area contributed by atoms with Gasteiger partial charge >= 0.3 is 5.97 Å². The second-order valence-corrected chi connectivity index (χ2v) is 2.76. The molecular formula is C10H13NO2. The van der Waals surface area contributed by atoms with Gasteiger partial charge in [0, 0.05) is 5.69 Å². The fraction of sp³-hybridized carbons (Fsp3) is 0.300. The summed E-state index contributed by atoms with van der Waals surface area (Å²) in [6, 6.07) is 5.34. The Morgan fingerprint density at radius 2 is 2.23 bits per heavy atom. The minimum atomic E-state index is -0.349. The lowest BCUT2D eigenvalue weighted by molar-refractivity contribution is 0.0527. The maximum atomic E-state index is 11.4. The Hall–Kier alpha value is -1.51. The SMILES string of the molecule is CCOC(=O)c1c(C)cccc1N. The maximum Gasteiger partial charge on any atom is 0.340 e. The predicted octanol–water partition coefficient (Wildman–Crippen LogP) is 1.75. The van der Waals surface area contributed by atoms with Crippen LogP contribution in [0, 0.1) is 6.92 Å². The third-order valence-electron chi connectivity index (χ3n) is 1.78. The number of anilines is 1. The van der Waals surface area contributed by atoms with Crippen LogP contribution < -0.4 is 5.73 Å². The quantitative estimate of drug-likeness (QED) is 0.556. The van der Waals surface area contributed by atoms with Crippen molar-refractivity contribution in [3.8, 4) is 0 Å². The Kier molecular flexibility index (Phi) is 2.90. The molecule has 0 saturated heterocycles. The first kappa shape index (κ1) is 9.58. The lowest BCUT2D eigenvalue weighted by Gasteiger charge is -2.07. The number of carbonyl (C=O) groups excluding carboxylic acids is 1. The largest absolute Gasteiger partial charge is 0.462 e. The molecule has 0 atom stereocenters. The van der Waals surface area contributed by atoms with Gasteiger partial charge in [-0.15, -0.1) is 0 Å². The zero-order chi connectivity index (χ0) is 9.84.